The molecule has 0 unspecified atom stereocenters. The first-order chi connectivity index (χ1) is 6.61. The van der Waals surface area contributed by atoms with Gasteiger partial charge >= 0.3 is 0 Å². The highest BCUT2D eigenvalue weighted by Crippen LogP contribution is 2.26. The number of hydrogen-bond acceptors (Lipinski definition) is 2. The Morgan fingerprint density at radius 1 is 1.57 bits per heavy atom. The smallest absolute Gasteiger partial charge is 0.265 e. The van der Waals surface area contributed by atoms with Crippen molar-refractivity contribution in [1.29, 1.82) is 0 Å². The van der Waals surface area contributed by atoms with E-state index in [0.29, 0.717) is 0 Å². The molecule has 1 rings (SSSR count). The van der Waals surface area contributed by atoms with Gasteiger partial charge in [-0.2, -0.15) is 4.39 Å². The molecule has 1 aromatic heterocycles. The molecule has 0 saturated heterocycles. The predicted molar refractivity (Wildman–Crippen MR) is 47.2 cm³/mol. The molecule has 0 aliphatic heterocycles. The van der Waals surface area contributed by atoms with Gasteiger partial charge in [0, 0.05) is 17.1 Å². The number of carbonyl (C=O) groups excluding carboxylic acids is 1. The van der Waals surface area contributed by atoms with Crippen molar-refractivity contribution in [1.82, 2.24) is 4.98 Å². The van der Waals surface area contributed by atoms with Crippen molar-refractivity contribution in [3.05, 3.63) is 28.8 Å². The standard InChI is InChI=1S/C8H5BrF3NO/c9-1-4-5(7(10)11)2-13-8(12)6(4)3-14/h2-3,7H,1H2. The van der Waals surface area contributed by atoms with Crippen molar-refractivity contribution in [2.75, 3.05) is 0 Å². The normalized spacial score (nSPS) is 10.6. The van der Waals surface area contributed by atoms with Crippen LogP contribution in [-0.4, -0.2) is 11.3 Å². The zero-order valence-corrected chi connectivity index (χ0v) is 8.39. The van der Waals surface area contributed by atoms with Crippen LogP contribution in [0, 0.1) is 5.95 Å². The SMILES string of the molecule is O=Cc1c(F)ncc(C(F)F)c1CBr. The minimum Gasteiger partial charge on any atom is -0.298 e. The van der Waals surface area contributed by atoms with Crippen LogP contribution in [0.3, 0.4) is 0 Å². The Hall–Kier alpha value is -0.910. The summed E-state index contributed by atoms with van der Waals surface area (Å²) in [7, 11) is 0. The molecule has 0 saturated carbocycles. The third-order valence-corrected chi connectivity index (χ3v) is 2.26. The Morgan fingerprint density at radius 3 is 2.64 bits per heavy atom. The van der Waals surface area contributed by atoms with Crippen molar-refractivity contribution in [3.63, 3.8) is 0 Å². The first-order valence-corrected chi connectivity index (χ1v) is 4.70. The molecule has 0 atom stereocenters. The number of pyridine rings is 1. The Kier molecular flexibility index (Phi) is 3.62. The fourth-order valence-corrected chi connectivity index (χ4v) is 1.64. The molecule has 0 aromatic carbocycles. The third kappa shape index (κ3) is 1.95. The fourth-order valence-electron chi connectivity index (χ4n) is 1.01. The summed E-state index contributed by atoms with van der Waals surface area (Å²) in [4.78, 5) is 13.5. The second-order valence-corrected chi connectivity index (χ2v) is 3.01. The lowest BCUT2D eigenvalue weighted by atomic mass is 10.1. The molecule has 0 fully saturated rings. The molecule has 0 N–H and O–H groups in total. The molecule has 14 heavy (non-hydrogen) atoms. The van der Waals surface area contributed by atoms with E-state index in [1.165, 1.54) is 0 Å². The van der Waals surface area contributed by atoms with Gasteiger partial charge < -0.3 is 0 Å². The van der Waals surface area contributed by atoms with Crippen molar-refractivity contribution < 1.29 is 18.0 Å². The lowest BCUT2D eigenvalue weighted by Crippen LogP contribution is -2.03. The second-order valence-electron chi connectivity index (χ2n) is 2.45. The van der Waals surface area contributed by atoms with E-state index in [1.807, 2.05) is 0 Å². The molecule has 0 bridgehead atoms. The van der Waals surface area contributed by atoms with Gasteiger partial charge in [-0.25, -0.2) is 13.8 Å². The van der Waals surface area contributed by atoms with Crippen LogP contribution in [0.15, 0.2) is 6.20 Å². The van der Waals surface area contributed by atoms with E-state index in [2.05, 4.69) is 20.9 Å². The zero-order chi connectivity index (χ0) is 10.7. The van der Waals surface area contributed by atoms with Crippen LogP contribution in [0.1, 0.15) is 27.9 Å². The third-order valence-electron chi connectivity index (χ3n) is 1.70. The quantitative estimate of drug-likeness (QED) is 0.479. The molecule has 0 aliphatic rings. The lowest BCUT2D eigenvalue weighted by Gasteiger charge is -2.08. The van der Waals surface area contributed by atoms with E-state index in [1.54, 1.807) is 0 Å². The molecule has 1 aromatic rings. The highest BCUT2D eigenvalue weighted by molar-refractivity contribution is 9.08. The van der Waals surface area contributed by atoms with Gasteiger partial charge in [0.1, 0.15) is 0 Å². The second kappa shape index (κ2) is 4.54. The van der Waals surface area contributed by atoms with Gasteiger partial charge in [-0.15, -0.1) is 0 Å². The lowest BCUT2D eigenvalue weighted by molar-refractivity contribution is 0.111. The topological polar surface area (TPSA) is 30.0 Å². The average molecular weight is 268 g/mol. The van der Waals surface area contributed by atoms with Crippen LogP contribution in [0.5, 0.6) is 0 Å². The minimum absolute atomic E-state index is 0.0137. The summed E-state index contributed by atoms with van der Waals surface area (Å²) < 4.78 is 37.6. The summed E-state index contributed by atoms with van der Waals surface area (Å²) in [6.07, 6.45) is -1.84. The number of aldehydes is 1. The number of aromatic nitrogens is 1. The monoisotopic (exact) mass is 267 g/mol. The van der Waals surface area contributed by atoms with Gasteiger partial charge in [-0.3, -0.25) is 4.79 Å². The summed E-state index contributed by atoms with van der Waals surface area (Å²) in [5.41, 5.74) is -0.896. The van der Waals surface area contributed by atoms with Crippen molar-refractivity contribution in [2.45, 2.75) is 11.8 Å². The Morgan fingerprint density at radius 2 is 2.21 bits per heavy atom. The van der Waals surface area contributed by atoms with Crippen molar-refractivity contribution in [2.24, 2.45) is 0 Å². The van der Waals surface area contributed by atoms with Crippen LogP contribution in [0.4, 0.5) is 13.2 Å². The summed E-state index contributed by atoms with van der Waals surface area (Å²) in [5.74, 6) is -1.03. The summed E-state index contributed by atoms with van der Waals surface area (Å²) in [6.45, 7) is 0. The van der Waals surface area contributed by atoms with E-state index < -0.39 is 23.5 Å². The van der Waals surface area contributed by atoms with E-state index in [9.17, 15) is 18.0 Å². The van der Waals surface area contributed by atoms with Crippen LogP contribution >= 0.6 is 15.9 Å². The maximum atomic E-state index is 12.9. The van der Waals surface area contributed by atoms with E-state index in [-0.39, 0.29) is 17.2 Å². The average Bonchev–Trinajstić information content (AvgIpc) is 2.16. The molecule has 6 heteroatoms. The number of alkyl halides is 3. The molecule has 2 nitrogen and oxygen atoms in total. The van der Waals surface area contributed by atoms with E-state index in [4.69, 9.17) is 0 Å². The summed E-state index contributed by atoms with van der Waals surface area (Å²) >= 11 is 2.92. The van der Waals surface area contributed by atoms with Gasteiger partial charge in [0.2, 0.25) is 5.95 Å². The van der Waals surface area contributed by atoms with E-state index >= 15 is 0 Å². The van der Waals surface area contributed by atoms with Gasteiger partial charge in [0.25, 0.3) is 6.43 Å². The highest BCUT2D eigenvalue weighted by Gasteiger charge is 2.19. The van der Waals surface area contributed by atoms with Crippen LogP contribution < -0.4 is 0 Å². The number of carbonyl (C=O) groups is 1. The first-order valence-electron chi connectivity index (χ1n) is 3.58. The molecule has 0 spiro atoms. The number of rotatable bonds is 3. The molecule has 0 amide bonds. The summed E-state index contributed by atoms with van der Waals surface area (Å²) in [5, 5.41) is -0.0137. The number of nitrogens with zero attached hydrogens (tertiary/aromatic N) is 1. The molecule has 76 valence electrons. The molecule has 0 radical (unpaired) electrons. The van der Waals surface area contributed by atoms with Crippen molar-refractivity contribution >= 4 is 22.2 Å². The van der Waals surface area contributed by atoms with Gasteiger partial charge in [-0.05, 0) is 5.56 Å². The number of hydrogen-bond donors (Lipinski definition) is 0. The minimum atomic E-state index is -2.77. The summed E-state index contributed by atoms with van der Waals surface area (Å²) in [6, 6.07) is 0. The van der Waals surface area contributed by atoms with Crippen LogP contribution in [0.25, 0.3) is 0 Å². The first kappa shape index (κ1) is 11.2. The fraction of sp³-hybridized carbons (Fsp3) is 0.250. The zero-order valence-electron chi connectivity index (χ0n) is 6.81. The molecular formula is C8H5BrF3NO. The Bertz CT molecular complexity index is 357. The largest absolute Gasteiger partial charge is 0.298 e. The predicted octanol–water partition coefficient (Wildman–Crippen LogP) is 2.87. The maximum absolute atomic E-state index is 12.9. The van der Waals surface area contributed by atoms with Gasteiger partial charge in [-0.1, -0.05) is 15.9 Å². The Labute approximate surface area is 86.3 Å². The number of halogens is 4. The molecular weight excluding hydrogens is 263 g/mol. The maximum Gasteiger partial charge on any atom is 0.265 e. The molecule has 0 aliphatic carbocycles. The van der Waals surface area contributed by atoms with Crippen molar-refractivity contribution in [3.8, 4) is 0 Å². The Balaban J connectivity index is 3.40. The van der Waals surface area contributed by atoms with Gasteiger partial charge in [0.15, 0.2) is 6.29 Å². The molecule has 1 heterocycles. The van der Waals surface area contributed by atoms with E-state index in [0.717, 1.165) is 6.20 Å². The van der Waals surface area contributed by atoms with Crippen LogP contribution in [0.2, 0.25) is 0 Å². The van der Waals surface area contributed by atoms with Gasteiger partial charge in [0.05, 0.1) is 5.56 Å². The van der Waals surface area contributed by atoms with Crippen LogP contribution in [-0.2, 0) is 5.33 Å². The highest BCUT2D eigenvalue weighted by atomic mass is 79.9.